The van der Waals surface area contributed by atoms with Gasteiger partial charge in [0.2, 0.25) is 12.3 Å². The highest BCUT2D eigenvalue weighted by molar-refractivity contribution is 5.51. The van der Waals surface area contributed by atoms with Crippen molar-refractivity contribution >= 4 is 0 Å². The van der Waals surface area contributed by atoms with Crippen LogP contribution in [0.5, 0.6) is 0 Å². The second kappa shape index (κ2) is 2.54. The Bertz CT molecular complexity index is 315. The van der Waals surface area contributed by atoms with E-state index in [-0.39, 0.29) is 0 Å². The lowest BCUT2D eigenvalue weighted by Crippen LogP contribution is -1.75. The van der Waals surface area contributed by atoms with Crippen LogP contribution in [0.15, 0.2) is 41.1 Å². The van der Waals surface area contributed by atoms with Gasteiger partial charge in [-0.05, 0) is 12.1 Å². The zero-order chi connectivity index (χ0) is 7.52. The van der Waals surface area contributed by atoms with Gasteiger partial charge >= 0.3 is 0 Å². The van der Waals surface area contributed by atoms with E-state index in [0.29, 0.717) is 5.89 Å². The molecule has 0 unspecified atom stereocenters. The normalized spacial score (nSPS) is 9.82. The molecule has 0 saturated carbocycles. The number of benzene rings is 1. The monoisotopic (exact) mass is 146 g/mol. The van der Waals surface area contributed by atoms with Crippen molar-refractivity contribution in [3.05, 3.63) is 36.7 Å². The Morgan fingerprint density at radius 3 is 2.55 bits per heavy atom. The van der Waals surface area contributed by atoms with Crippen LogP contribution >= 0.6 is 0 Å². The van der Waals surface area contributed by atoms with E-state index >= 15 is 0 Å². The minimum absolute atomic E-state index is 0.561. The summed E-state index contributed by atoms with van der Waals surface area (Å²) in [6.07, 6.45) is 1.32. The summed E-state index contributed by atoms with van der Waals surface area (Å²) in [5.41, 5.74) is 0.949. The van der Waals surface area contributed by atoms with Crippen LogP contribution < -0.4 is 0 Å². The van der Waals surface area contributed by atoms with E-state index in [1.807, 2.05) is 30.3 Å². The number of nitrogens with zero attached hydrogens (tertiary/aromatic N) is 2. The predicted octanol–water partition coefficient (Wildman–Crippen LogP) is 1.74. The summed E-state index contributed by atoms with van der Waals surface area (Å²) in [5.74, 6) is 0.561. The van der Waals surface area contributed by atoms with Gasteiger partial charge in [-0.15, -0.1) is 10.2 Å². The first-order valence-corrected chi connectivity index (χ1v) is 3.28. The number of aromatic nitrogens is 2. The third-order valence-electron chi connectivity index (χ3n) is 1.38. The maximum atomic E-state index is 5.00. The maximum absolute atomic E-state index is 5.00. The average molecular weight is 146 g/mol. The van der Waals surface area contributed by atoms with E-state index in [4.69, 9.17) is 4.42 Å². The molecule has 0 N–H and O–H groups in total. The van der Waals surface area contributed by atoms with Gasteiger partial charge in [0.05, 0.1) is 0 Å². The molecule has 0 radical (unpaired) electrons. The van der Waals surface area contributed by atoms with Crippen molar-refractivity contribution in [3.63, 3.8) is 0 Å². The van der Waals surface area contributed by atoms with E-state index in [1.165, 1.54) is 6.39 Å². The molecule has 0 amide bonds. The van der Waals surface area contributed by atoms with Gasteiger partial charge < -0.3 is 4.42 Å². The molecule has 3 heteroatoms. The number of rotatable bonds is 1. The molecule has 0 aliphatic heterocycles. The number of hydrogen-bond acceptors (Lipinski definition) is 3. The van der Waals surface area contributed by atoms with Crippen molar-refractivity contribution in [2.24, 2.45) is 0 Å². The Kier molecular flexibility index (Phi) is 1.41. The molecule has 1 aromatic carbocycles. The molecule has 54 valence electrons. The first kappa shape index (κ1) is 6.09. The van der Waals surface area contributed by atoms with Crippen LogP contribution in [-0.4, -0.2) is 10.2 Å². The zero-order valence-corrected chi connectivity index (χ0v) is 5.77. The first-order chi connectivity index (χ1) is 5.47. The molecule has 0 spiro atoms. The van der Waals surface area contributed by atoms with Crippen LogP contribution in [0.1, 0.15) is 0 Å². The Morgan fingerprint density at radius 1 is 1.09 bits per heavy atom. The molecule has 2 aromatic rings. The van der Waals surface area contributed by atoms with E-state index in [2.05, 4.69) is 10.2 Å². The van der Waals surface area contributed by atoms with Crippen LogP contribution in [0.2, 0.25) is 0 Å². The van der Waals surface area contributed by atoms with Crippen molar-refractivity contribution < 1.29 is 4.42 Å². The first-order valence-electron chi connectivity index (χ1n) is 3.28. The quantitative estimate of drug-likeness (QED) is 0.615. The molecule has 0 aliphatic rings. The third kappa shape index (κ3) is 1.12. The zero-order valence-electron chi connectivity index (χ0n) is 5.77. The fraction of sp³-hybridized carbons (Fsp3) is 0. The lowest BCUT2D eigenvalue weighted by atomic mass is 10.2. The molecular formula is C8H6N2O. The van der Waals surface area contributed by atoms with Crippen molar-refractivity contribution in [1.82, 2.24) is 10.2 Å². The van der Waals surface area contributed by atoms with Gasteiger partial charge in [0.15, 0.2) is 0 Å². The molecule has 0 bridgehead atoms. The minimum atomic E-state index is 0.561. The van der Waals surface area contributed by atoms with Crippen LogP contribution in [0, 0.1) is 0 Å². The van der Waals surface area contributed by atoms with Gasteiger partial charge in [0.1, 0.15) is 0 Å². The summed E-state index contributed by atoms with van der Waals surface area (Å²) in [5, 5.41) is 7.35. The second-order valence-electron chi connectivity index (χ2n) is 2.11. The van der Waals surface area contributed by atoms with Gasteiger partial charge in [-0.25, -0.2) is 0 Å². The van der Waals surface area contributed by atoms with Gasteiger partial charge in [0.25, 0.3) is 0 Å². The molecule has 0 fully saturated rings. The molecule has 2 rings (SSSR count). The fourth-order valence-electron chi connectivity index (χ4n) is 0.880. The van der Waals surface area contributed by atoms with Crippen molar-refractivity contribution in [2.75, 3.05) is 0 Å². The van der Waals surface area contributed by atoms with Gasteiger partial charge in [-0.2, -0.15) is 0 Å². The van der Waals surface area contributed by atoms with Crippen molar-refractivity contribution in [1.29, 1.82) is 0 Å². The van der Waals surface area contributed by atoms with Crippen LogP contribution in [0.3, 0.4) is 0 Å². The summed E-state index contributed by atoms with van der Waals surface area (Å²) in [7, 11) is 0. The van der Waals surface area contributed by atoms with Crippen LogP contribution in [-0.2, 0) is 0 Å². The Balaban J connectivity index is 2.46. The third-order valence-corrected chi connectivity index (χ3v) is 1.38. The molecule has 3 nitrogen and oxygen atoms in total. The fourth-order valence-corrected chi connectivity index (χ4v) is 0.880. The molecule has 0 atom stereocenters. The highest BCUT2D eigenvalue weighted by Gasteiger charge is 1.99. The maximum Gasteiger partial charge on any atom is 0.247 e. The summed E-state index contributed by atoms with van der Waals surface area (Å²) in [6.45, 7) is 0. The highest BCUT2D eigenvalue weighted by atomic mass is 16.4. The molecular weight excluding hydrogens is 140 g/mol. The summed E-state index contributed by atoms with van der Waals surface area (Å²) < 4.78 is 5.00. The van der Waals surface area contributed by atoms with Gasteiger partial charge in [-0.1, -0.05) is 18.2 Å². The average Bonchev–Trinajstić information content (AvgIpc) is 2.58. The summed E-state index contributed by atoms with van der Waals surface area (Å²) in [4.78, 5) is 0. The molecule has 1 aromatic heterocycles. The standard InChI is InChI=1S/C8H6N2O/c1-2-4-7(5-3-1)8-10-9-6-11-8/h1-6H. The van der Waals surface area contributed by atoms with E-state index in [1.54, 1.807) is 0 Å². The van der Waals surface area contributed by atoms with Gasteiger partial charge in [-0.3, -0.25) is 0 Å². The smallest absolute Gasteiger partial charge is 0.247 e. The summed E-state index contributed by atoms with van der Waals surface area (Å²) >= 11 is 0. The largest absolute Gasteiger partial charge is 0.423 e. The lowest BCUT2D eigenvalue weighted by molar-refractivity contribution is 0.568. The SMILES string of the molecule is c1ccc(-c2nnco2)cc1. The topological polar surface area (TPSA) is 38.9 Å². The highest BCUT2D eigenvalue weighted by Crippen LogP contribution is 2.13. The molecule has 11 heavy (non-hydrogen) atoms. The second-order valence-corrected chi connectivity index (χ2v) is 2.11. The van der Waals surface area contributed by atoms with Crippen LogP contribution in [0.4, 0.5) is 0 Å². The Hall–Kier alpha value is -1.64. The lowest BCUT2D eigenvalue weighted by Gasteiger charge is -1.89. The number of hydrogen-bond donors (Lipinski definition) is 0. The Labute approximate surface area is 63.7 Å². The van der Waals surface area contributed by atoms with E-state index in [0.717, 1.165) is 5.56 Å². The van der Waals surface area contributed by atoms with Crippen molar-refractivity contribution in [2.45, 2.75) is 0 Å². The van der Waals surface area contributed by atoms with E-state index in [9.17, 15) is 0 Å². The predicted molar refractivity (Wildman–Crippen MR) is 39.7 cm³/mol. The van der Waals surface area contributed by atoms with Gasteiger partial charge in [0, 0.05) is 5.56 Å². The molecule has 1 heterocycles. The minimum Gasteiger partial charge on any atom is -0.423 e. The van der Waals surface area contributed by atoms with E-state index < -0.39 is 0 Å². The summed E-state index contributed by atoms with van der Waals surface area (Å²) in [6, 6.07) is 9.65. The van der Waals surface area contributed by atoms with Crippen molar-refractivity contribution in [3.8, 4) is 11.5 Å². The Morgan fingerprint density at radius 2 is 1.91 bits per heavy atom. The van der Waals surface area contributed by atoms with Crippen LogP contribution in [0.25, 0.3) is 11.5 Å². The molecule has 0 aliphatic carbocycles. The molecule has 0 saturated heterocycles.